The van der Waals surface area contributed by atoms with Gasteiger partial charge in [-0.15, -0.1) is 0 Å². The van der Waals surface area contributed by atoms with Gasteiger partial charge in [0.15, 0.2) is 0 Å². The Bertz CT molecular complexity index is 1000. The lowest BCUT2D eigenvalue weighted by Gasteiger charge is -2.50. The highest BCUT2D eigenvalue weighted by molar-refractivity contribution is 6.18. The van der Waals surface area contributed by atoms with Crippen LogP contribution < -0.4 is 15.0 Å². The number of hydrogen-bond acceptors (Lipinski definition) is 4. The molecule has 0 radical (unpaired) electrons. The van der Waals surface area contributed by atoms with E-state index in [2.05, 4.69) is 5.32 Å². The third-order valence-corrected chi connectivity index (χ3v) is 5.51. The third-order valence-electron chi connectivity index (χ3n) is 5.51. The number of amides is 3. The summed E-state index contributed by atoms with van der Waals surface area (Å²) in [5.74, 6) is -0.225. The molecule has 1 unspecified atom stereocenters. The Labute approximate surface area is 169 Å². The van der Waals surface area contributed by atoms with Gasteiger partial charge in [-0.25, -0.2) is 0 Å². The molecule has 2 heterocycles. The molecule has 2 aliphatic heterocycles. The van der Waals surface area contributed by atoms with Crippen molar-refractivity contribution in [2.24, 2.45) is 0 Å². The first-order valence-corrected chi connectivity index (χ1v) is 9.61. The van der Waals surface area contributed by atoms with Gasteiger partial charge >= 0.3 is 0 Å². The normalized spacial score (nSPS) is 20.6. The van der Waals surface area contributed by atoms with Gasteiger partial charge in [0, 0.05) is 30.6 Å². The van der Waals surface area contributed by atoms with Gasteiger partial charge in [-0.1, -0.05) is 18.2 Å². The Morgan fingerprint density at radius 2 is 1.90 bits per heavy atom. The monoisotopic (exact) mass is 393 g/mol. The zero-order valence-electron chi connectivity index (χ0n) is 16.6. The van der Waals surface area contributed by atoms with Crippen LogP contribution in [-0.4, -0.2) is 41.4 Å². The summed E-state index contributed by atoms with van der Waals surface area (Å²) >= 11 is 0. The van der Waals surface area contributed by atoms with Crippen molar-refractivity contribution in [3.8, 4) is 5.75 Å². The van der Waals surface area contributed by atoms with Crippen molar-refractivity contribution < 1.29 is 19.1 Å². The summed E-state index contributed by atoms with van der Waals surface area (Å²) < 4.78 is 5.23. The fourth-order valence-electron chi connectivity index (χ4n) is 4.34. The molecule has 150 valence electrons. The first-order valence-electron chi connectivity index (χ1n) is 9.61. The number of methoxy groups -OCH3 is 1. The van der Waals surface area contributed by atoms with Gasteiger partial charge in [0.25, 0.3) is 11.8 Å². The van der Waals surface area contributed by atoms with Crippen LogP contribution in [-0.2, 0) is 9.59 Å². The number of rotatable bonds is 4. The molecule has 1 fully saturated rings. The van der Waals surface area contributed by atoms with E-state index in [0.717, 1.165) is 0 Å². The fourth-order valence-corrected chi connectivity index (χ4v) is 4.34. The van der Waals surface area contributed by atoms with Gasteiger partial charge in [-0.3, -0.25) is 19.3 Å². The molecule has 3 amide bonds. The molecule has 1 N–H and O–H groups in total. The minimum atomic E-state index is -1.40. The van der Waals surface area contributed by atoms with E-state index in [1.54, 1.807) is 55.6 Å². The molecule has 29 heavy (non-hydrogen) atoms. The van der Waals surface area contributed by atoms with Crippen molar-refractivity contribution in [2.75, 3.05) is 17.3 Å². The van der Waals surface area contributed by atoms with E-state index in [1.807, 2.05) is 13.8 Å². The molecular formula is C22H23N3O4. The molecule has 2 aliphatic rings. The number of ether oxygens (including phenoxy) is 1. The second kappa shape index (κ2) is 6.92. The van der Waals surface area contributed by atoms with Crippen LogP contribution in [0.5, 0.6) is 5.75 Å². The van der Waals surface area contributed by atoms with E-state index in [-0.39, 0.29) is 30.7 Å². The summed E-state index contributed by atoms with van der Waals surface area (Å²) in [6.07, 6.45) is 0.427. The molecule has 0 bridgehead atoms. The Hall–Kier alpha value is -3.35. The number of carbonyl (C=O) groups excluding carboxylic acids is 3. The first kappa shape index (κ1) is 19.0. The number of anilines is 2. The van der Waals surface area contributed by atoms with E-state index in [1.165, 1.54) is 9.80 Å². The molecule has 1 atom stereocenters. The van der Waals surface area contributed by atoms with Crippen LogP contribution in [0.15, 0.2) is 48.5 Å². The minimum Gasteiger partial charge on any atom is -0.497 e. The Morgan fingerprint density at radius 3 is 2.62 bits per heavy atom. The Morgan fingerprint density at radius 1 is 1.14 bits per heavy atom. The molecule has 1 saturated heterocycles. The molecule has 4 rings (SSSR count). The zero-order valence-corrected chi connectivity index (χ0v) is 16.6. The van der Waals surface area contributed by atoms with Gasteiger partial charge in [-0.05, 0) is 38.1 Å². The Balaban J connectivity index is 1.84. The van der Waals surface area contributed by atoms with Crippen LogP contribution in [0.4, 0.5) is 11.4 Å². The predicted octanol–water partition coefficient (Wildman–Crippen LogP) is 3.02. The van der Waals surface area contributed by atoms with Crippen molar-refractivity contribution in [3.63, 3.8) is 0 Å². The highest BCUT2D eigenvalue weighted by atomic mass is 16.5. The van der Waals surface area contributed by atoms with Crippen molar-refractivity contribution in [2.45, 2.75) is 38.4 Å². The summed E-state index contributed by atoms with van der Waals surface area (Å²) in [5, 5.41) is 2.90. The van der Waals surface area contributed by atoms with Crippen molar-refractivity contribution in [3.05, 3.63) is 54.1 Å². The molecule has 0 aliphatic carbocycles. The lowest BCUT2D eigenvalue weighted by molar-refractivity contribution is -0.129. The predicted molar refractivity (Wildman–Crippen MR) is 109 cm³/mol. The number of fused-ring (bicyclic) bond motifs is 3. The number of benzene rings is 2. The number of carbonyl (C=O) groups is 3. The fraction of sp³-hybridized carbons (Fsp3) is 0.318. The van der Waals surface area contributed by atoms with E-state index in [4.69, 9.17) is 4.74 Å². The largest absolute Gasteiger partial charge is 0.497 e. The Kier molecular flexibility index (Phi) is 4.53. The molecular weight excluding hydrogens is 370 g/mol. The lowest BCUT2D eigenvalue weighted by atomic mass is 9.94. The second-order valence-electron chi connectivity index (χ2n) is 7.52. The summed E-state index contributed by atoms with van der Waals surface area (Å²) in [7, 11) is 1.55. The van der Waals surface area contributed by atoms with E-state index >= 15 is 0 Å². The van der Waals surface area contributed by atoms with E-state index in [9.17, 15) is 14.4 Å². The molecule has 0 spiro atoms. The van der Waals surface area contributed by atoms with Gasteiger partial charge in [-0.2, -0.15) is 0 Å². The van der Waals surface area contributed by atoms with Crippen molar-refractivity contribution in [1.82, 2.24) is 4.90 Å². The number of hydrogen-bond donors (Lipinski definition) is 1. The smallest absolute Gasteiger partial charge is 0.271 e. The molecule has 7 nitrogen and oxygen atoms in total. The van der Waals surface area contributed by atoms with Crippen LogP contribution >= 0.6 is 0 Å². The van der Waals surface area contributed by atoms with Crippen LogP contribution in [0.25, 0.3) is 0 Å². The zero-order chi connectivity index (χ0) is 20.8. The van der Waals surface area contributed by atoms with E-state index < -0.39 is 11.6 Å². The van der Waals surface area contributed by atoms with Crippen LogP contribution in [0.2, 0.25) is 0 Å². The lowest BCUT2D eigenvalue weighted by Crippen LogP contribution is -2.70. The van der Waals surface area contributed by atoms with Gasteiger partial charge < -0.3 is 15.0 Å². The summed E-state index contributed by atoms with van der Waals surface area (Å²) in [5.41, 5.74) is 0.0525. The number of nitrogens with one attached hydrogen (secondary N) is 1. The number of nitrogens with zero attached hydrogens (tertiary/aromatic N) is 2. The van der Waals surface area contributed by atoms with Crippen LogP contribution in [0.3, 0.4) is 0 Å². The summed E-state index contributed by atoms with van der Waals surface area (Å²) in [4.78, 5) is 42.9. The van der Waals surface area contributed by atoms with Crippen molar-refractivity contribution >= 4 is 29.1 Å². The summed E-state index contributed by atoms with van der Waals surface area (Å²) in [6, 6.07) is 13.7. The number of para-hydroxylation sites is 1. The average molecular weight is 393 g/mol. The third kappa shape index (κ3) is 2.76. The first-order chi connectivity index (χ1) is 13.9. The average Bonchev–Trinajstić information content (AvgIpc) is 3.06. The highest BCUT2D eigenvalue weighted by Gasteiger charge is 2.61. The van der Waals surface area contributed by atoms with Crippen molar-refractivity contribution in [1.29, 1.82) is 0 Å². The molecule has 0 aromatic heterocycles. The quantitative estimate of drug-likeness (QED) is 0.866. The molecule has 2 aromatic carbocycles. The van der Waals surface area contributed by atoms with E-state index in [0.29, 0.717) is 22.7 Å². The highest BCUT2D eigenvalue weighted by Crippen LogP contribution is 2.45. The SMILES string of the molecule is COc1cccc(NC(=O)C23CCC(=O)N2c2ccccc2C(=O)N3C(C)C)c1. The van der Waals surface area contributed by atoms with Gasteiger partial charge in [0.2, 0.25) is 11.6 Å². The minimum absolute atomic E-state index is 0.170. The summed E-state index contributed by atoms with van der Waals surface area (Å²) in [6.45, 7) is 3.71. The molecule has 2 aromatic rings. The van der Waals surface area contributed by atoms with Crippen LogP contribution in [0.1, 0.15) is 37.0 Å². The second-order valence-corrected chi connectivity index (χ2v) is 7.52. The van der Waals surface area contributed by atoms with Crippen LogP contribution in [0, 0.1) is 0 Å². The maximum absolute atomic E-state index is 13.6. The van der Waals surface area contributed by atoms with Gasteiger partial charge in [0.05, 0.1) is 18.4 Å². The standard InChI is InChI=1S/C22H23N3O4/c1-14(2)24-20(27)17-9-4-5-10-18(17)25-19(26)11-12-22(24,25)21(28)23-15-7-6-8-16(13-15)29-3/h4-10,13-14H,11-12H2,1-3H3,(H,23,28). The maximum Gasteiger partial charge on any atom is 0.271 e. The maximum atomic E-state index is 13.6. The molecule has 7 heteroatoms. The molecule has 0 saturated carbocycles. The van der Waals surface area contributed by atoms with Gasteiger partial charge in [0.1, 0.15) is 5.75 Å². The topological polar surface area (TPSA) is 79.0 Å².